The van der Waals surface area contributed by atoms with Crippen LogP contribution in [0.5, 0.6) is 0 Å². The van der Waals surface area contributed by atoms with Gasteiger partial charge in [0, 0.05) is 19.0 Å². The molecule has 3 saturated heterocycles. The molecular formula is C36H51N3O7. The van der Waals surface area contributed by atoms with Crippen LogP contribution in [0.15, 0.2) is 55.6 Å². The minimum Gasteiger partial charge on any atom is -0.455 e. The third kappa shape index (κ3) is 6.51. The first-order valence-electron chi connectivity index (χ1n) is 16.6. The van der Waals surface area contributed by atoms with E-state index in [1.165, 1.54) is 4.90 Å². The van der Waals surface area contributed by atoms with Crippen LogP contribution in [0.3, 0.4) is 0 Å². The standard InChI is InChI=1S/C36H51N3O7/c1-8-11-17-28(41)37-24(7)31(25-15-13-12-14-16-25)45-35(44)29-27-18-19-36(46-27)30(29)33(42)39(26(21-40)23(6)10-3)32(36)34(43)38(20-9-2)22(4)5/h8-9,12-16,22-24,26-27,29-32,40H,1-2,10-11,17-21H2,3-7H3,(H,37,41)/t23-,24-,26-,27-,29+,30+,31-,32-,36+/m0/s1. The Morgan fingerprint density at radius 2 is 1.87 bits per heavy atom. The lowest BCUT2D eigenvalue weighted by Crippen LogP contribution is -2.60. The molecule has 46 heavy (non-hydrogen) atoms. The number of aliphatic hydroxyl groups excluding tert-OH is 1. The van der Waals surface area contributed by atoms with Gasteiger partial charge >= 0.3 is 5.97 Å². The predicted octanol–water partition coefficient (Wildman–Crippen LogP) is 3.95. The lowest BCUT2D eigenvalue weighted by molar-refractivity contribution is -0.163. The summed E-state index contributed by atoms with van der Waals surface area (Å²) in [6.07, 6.45) is 4.27. The molecule has 0 unspecified atom stereocenters. The van der Waals surface area contributed by atoms with Crippen molar-refractivity contribution in [3.8, 4) is 0 Å². The fourth-order valence-electron chi connectivity index (χ4n) is 7.60. The van der Waals surface area contributed by atoms with E-state index in [1.54, 1.807) is 24.0 Å². The topological polar surface area (TPSA) is 125 Å². The lowest BCUT2D eigenvalue weighted by atomic mass is 9.70. The van der Waals surface area contributed by atoms with Crippen molar-refractivity contribution in [2.24, 2.45) is 17.8 Å². The van der Waals surface area contributed by atoms with Crippen molar-refractivity contribution in [2.75, 3.05) is 13.2 Å². The molecule has 1 aromatic rings. The summed E-state index contributed by atoms with van der Waals surface area (Å²) in [5.41, 5.74) is -0.530. The zero-order chi connectivity index (χ0) is 33.8. The van der Waals surface area contributed by atoms with E-state index in [0.717, 1.165) is 0 Å². The molecule has 4 rings (SSSR count). The van der Waals surface area contributed by atoms with Crippen LogP contribution >= 0.6 is 0 Å². The van der Waals surface area contributed by atoms with Gasteiger partial charge in [-0.2, -0.15) is 0 Å². The van der Waals surface area contributed by atoms with E-state index in [0.29, 0.717) is 31.2 Å². The van der Waals surface area contributed by atoms with E-state index >= 15 is 0 Å². The number of carbonyl (C=O) groups is 4. The molecule has 0 saturated carbocycles. The van der Waals surface area contributed by atoms with E-state index in [4.69, 9.17) is 9.47 Å². The number of fused-ring (bicyclic) bond motifs is 1. The van der Waals surface area contributed by atoms with Gasteiger partial charge in [0.1, 0.15) is 17.7 Å². The molecule has 3 aliphatic rings. The first kappa shape index (κ1) is 35.4. The molecule has 10 nitrogen and oxygen atoms in total. The van der Waals surface area contributed by atoms with Gasteiger partial charge in [-0.05, 0) is 51.5 Å². The molecule has 10 heteroatoms. The van der Waals surface area contributed by atoms with E-state index in [9.17, 15) is 24.3 Å². The molecule has 3 amide bonds. The Labute approximate surface area is 273 Å². The number of likely N-dealkylation sites (tertiary alicyclic amines) is 1. The Morgan fingerprint density at radius 3 is 2.46 bits per heavy atom. The zero-order valence-corrected chi connectivity index (χ0v) is 27.9. The average Bonchev–Trinajstić information content (AvgIpc) is 3.69. The number of hydrogen-bond donors (Lipinski definition) is 2. The molecule has 2 bridgehead atoms. The fraction of sp³-hybridized carbons (Fsp3) is 0.611. The molecular weight excluding hydrogens is 586 g/mol. The smallest absolute Gasteiger partial charge is 0.313 e. The molecule has 1 spiro atoms. The second-order valence-corrected chi connectivity index (χ2v) is 13.3. The number of aliphatic hydroxyl groups is 1. The van der Waals surface area contributed by atoms with Crippen molar-refractivity contribution in [1.82, 2.24) is 15.1 Å². The van der Waals surface area contributed by atoms with Gasteiger partial charge < -0.3 is 29.7 Å². The van der Waals surface area contributed by atoms with Gasteiger partial charge in [0.05, 0.1) is 36.6 Å². The molecule has 0 aromatic heterocycles. The van der Waals surface area contributed by atoms with Crippen LogP contribution in [0, 0.1) is 17.8 Å². The molecule has 0 radical (unpaired) electrons. The first-order valence-corrected chi connectivity index (χ1v) is 16.6. The Kier molecular flexibility index (Phi) is 11.5. The molecule has 1 aromatic carbocycles. The van der Waals surface area contributed by atoms with Gasteiger partial charge in [-0.15, -0.1) is 13.2 Å². The maximum atomic E-state index is 14.6. The molecule has 3 fully saturated rings. The SMILES string of the molecule is C=CCCC(=O)N[C@@H](C)[C@H](OC(=O)[C@@H]1[C@@H]2CC[C@]3(O2)[C@H](C(=O)N(CC=C)C(C)C)N([C@@H](CO)[C@@H](C)CC)C(=O)[C@@H]13)c1ccccc1. The van der Waals surface area contributed by atoms with Gasteiger partial charge in [-0.3, -0.25) is 19.2 Å². The highest BCUT2D eigenvalue weighted by Gasteiger charge is 2.76. The van der Waals surface area contributed by atoms with Gasteiger partial charge in [0.2, 0.25) is 17.7 Å². The van der Waals surface area contributed by atoms with Gasteiger partial charge in [0.15, 0.2) is 0 Å². The number of rotatable bonds is 16. The molecule has 9 atom stereocenters. The third-order valence-electron chi connectivity index (χ3n) is 10.1. The number of amides is 3. The summed E-state index contributed by atoms with van der Waals surface area (Å²) in [5.74, 6) is -3.44. The Hall–Kier alpha value is -3.50. The van der Waals surface area contributed by atoms with Crippen LogP contribution in [0.2, 0.25) is 0 Å². The van der Waals surface area contributed by atoms with Crippen LogP contribution in [0.1, 0.15) is 78.4 Å². The van der Waals surface area contributed by atoms with Crippen LogP contribution in [-0.4, -0.2) is 87.6 Å². The lowest BCUT2D eigenvalue weighted by Gasteiger charge is -2.41. The second kappa shape index (κ2) is 14.9. The Bertz CT molecular complexity index is 1290. The number of benzene rings is 1. The number of esters is 1. The highest BCUT2D eigenvalue weighted by atomic mass is 16.6. The minimum atomic E-state index is -1.23. The zero-order valence-electron chi connectivity index (χ0n) is 27.9. The first-order chi connectivity index (χ1) is 22.0. The second-order valence-electron chi connectivity index (χ2n) is 13.3. The van der Waals surface area contributed by atoms with Gasteiger partial charge in [-0.1, -0.05) is 62.8 Å². The molecule has 0 aliphatic carbocycles. The normalized spacial score (nSPS) is 27.5. The van der Waals surface area contributed by atoms with Crippen molar-refractivity contribution in [1.29, 1.82) is 0 Å². The van der Waals surface area contributed by atoms with Crippen LogP contribution in [0.25, 0.3) is 0 Å². The largest absolute Gasteiger partial charge is 0.455 e. The van der Waals surface area contributed by atoms with E-state index in [1.807, 2.05) is 58.0 Å². The van der Waals surface area contributed by atoms with Crippen molar-refractivity contribution >= 4 is 23.7 Å². The number of carbonyl (C=O) groups excluding carboxylic acids is 4. The molecule has 2 N–H and O–H groups in total. The Morgan fingerprint density at radius 1 is 1.17 bits per heavy atom. The molecule has 3 aliphatic heterocycles. The highest BCUT2D eigenvalue weighted by Crippen LogP contribution is 2.59. The quantitative estimate of drug-likeness (QED) is 0.208. The fourth-order valence-corrected chi connectivity index (χ4v) is 7.60. The van der Waals surface area contributed by atoms with Crippen molar-refractivity contribution < 1.29 is 33.8 Å². The van der Waals surface area contributed by atoms with E-state index in [2.05, 4.69) is 18.5 Å². The van der Waals surface area contributed by atoms with E-state index < -0.39 is 53.7 Å². The summed E-state index contributed by atoms with van der Waals surface area (Å²) in [7, 11) is 0. The molecule has 3 heterocycles. The van der Waals surface area contributed by atoms with Gasteiger partial charge in [-0.25, -0.2) is 0 Å². The number of hydrogen-bond acceptors (Lipinski definition) is 7. The highest BCUT2D eigenvalue weighted by molar-refractivity contribution is 5.98. The summed E-state index contributed by atoms with van der Waals surface area (Å²) in [6.45, 7) is 17.0. The summed E-state index contributed by atoms with van der Waals surface area (Å²) in [5, 5.41) is 13.5. The van der Waals surface area contributed by atoms with Crippen molar-refractivity contribution in [2.45, 2.75) is 109 Å². The van der Waals surface area contributed by atoms with E-state index in [-0.39, 0.29) is 49.3 Å². The van der Waals surface area contributed by atoms with Crippen molar-refractivity contribution in [3.05, 3.63) is 61.2 Å². The van der Waals surface area contributed by atoms with Crippen molar-refractivity contribution in [3.63, 3.8) is 0 Å². The van der Waals surface area contributed by atoms with Crippen LogP contribution in [-0.2, 0) is 28.7 Å². The number of nitrogens with zero attached hydrogens (tertiary/aromatic N) is 2. The number of allylic oxidation sites excluding steroid dienone is 1. The van der Waals surface area contributed by atoms with Crippen LogP contribution < -0.4 is 5.32 Å². The maximum absolute atomic E-state index is 14.6. The van der Waals surface area contributed by atoms with Gasteiger partial charge in [0.25, 0.3) is 0 Å². The summed E-state index contributed by atoms with van der Waals surface area (Å²) in [6, 6.07) is 6.80. The predicted molar refractivity (Wildman–Crippen MR) is 174 cm³/mol. The number of nitrogens with one attached hydrogen (secondary N) is 1. The maximum Gasteiger partial charge on any atom is 0.313 e. The summed E-state index contributed by atoms with van der Waals surface area (Å²) < 4.78 is 12.8. The monoisotopic (exact) mass is 637 g/mol. The summed E-state index contributed by atoms with van der Waals surface area (Å²) >= 11 is 0. The van der Waals surface area contributed by atoms with Crippen LogP contribution in [0.4, 0.5) is 0 Å². The Balaban J connectivity index is 1.72. The number of ether oxygens (including phenoxy) is 2. The molecule has 252 valence electrons. The third-order valence-corrected chi connectivity index (χ3v) is 10.1. The summed E-state index contributed by atoms with van der Waals surface area (Å²) in [4.78, 5) is 59.1. The minimum absolute atomic E-state index is 0.109. The average molecular weight is 638 g/mol.